The van der Waals surface area contributed by atoms with E-state index < -0.39 is 5.91 Å². The Bertz CT molecular complexity index is 1280. The second-order valence-corrected chi connectivity index (χ2v) is 10.7. The number of amides is 3. The number of hydrogen-bond acceptors (Lipinski definition) is 4. The molecule has 7 nitrogen and oxygen atoms in total. The van der Waals surface area contributed by atoms with Crippen LogP contribution < -0.4 is 16.0 Å². The van der Waals surface area contributed by atoms with Gasteiger partial charge >= 0.3 is 6.03 Å². The van der Waals surface area contributed by atoms with Crippen molar-refractivity contribution in [1.29, 1.82) is 0 Å². The number of aromatic nitrogens is 1. The maximum absolute atomic E-state index is 13.6. The van der Waals surface area contributed by atoms with Crippen LogP contribution in [0.3, 0.4) is 0 Å². The lowest BCUT2D eigenvalue weighted by Crippen LogP contribution is -2.42. The average Bonchev–Trinajstić information content (AvgIpc) is 3.34. The van der Waals surface area contributed by atoms with E-state index in [2.05, 4.69) is 27.3 Å². The molecule has 1 aromatic heterocycles. The maximum atomic E-state index is 13.6. The molecule has 2 heterocycles. The maximum Gasteiger partial charge on any atom is 0.318 e. The molecule has 0 radical (unpaired) electrons. The van der Waals surface area contributed by atoms with Crippen molar-refractivity contribution in [3.63, 3.8) is 0 Å². The van der Waals surface area contributed by atoms with E-state index in [0.29, 0.717) is 29.6 Å². The molecule has 3 N–H and O–H groups in total. The fraction of sp³-hybridized carbons (Fsp3) is 0.367. The predicted octanol–water partition coefficient (Wildman–Crippen LogP) is 5.34. The highest BCUT2D eigenvalue weighted by Crippen LogP contribution is 2.32. The Morgan fingerprint density at radius 1 is 1.05 bits per heavy atom. The molecule has 1 atom stereocenters. The number of nitrogens with zero attached hydrogens (tertiary/aromatic N) is 3. The van der Waals surface area contributed by atoms with Crippen LogP contribution in [-0.2, 0) is 13.0 Å². The second-order valence-electron chi connectivity index (χ2n) is 10.3. The Labute approximate surface area is 229 Å². The smallest absolute Gasteiger partial charge is 0.318 e. The van der Waals surface area contributed by atoms with E-state index in [-0.39, 0.29) is 12.1 Å². The van der Waals surface area contributed by atoms with Crippen LogP contribution in [0.15, 0.2) is 67.0 Å². The quantitative estimate of drug-likeness (QED) is 0.410. The SMILES string of the molecule is NC(=O)c1ccc2c(c1)C(NC(=O)N(CCC1CCN(c3ccncc3)CC1)Cc1ccccc1Cl)CC2. The van der Waals surface area contributed by atoms with E-state index in [1.807, 2.05) is 53.7 Å². The van der Waals surface area contributed by atoms with Crippen molar-refractivity contribution in [3.05, 3.63) is 94.3 Å². The number of rotatable bonds is 8. The summed E-state index contributed by atoms with van der Waals surface area (Å²) in [6.07, 6.45) is 8.46. The fourth-order valence-corrected chi connectivity index (χ4v) is 5.80. The number of fused-ring (bicyclic) bond motifs is 1. The molecule has 1 unspecified atom stereocenters. The number of urea groups is 1. The van der Waals surface area contributed by atoms with Crippen LogP contribution in [-0.4, -0.2) is 41.5 Å². The predicted molar refractivity (Wildman–Crippen MR) is 150 cm³/mol. The van der Waals surface area contributed by atoms with E-state index >= 15 is 0 Å². The number of hydrogen-bond donors (Lipinski definition) is 2. The van der Waals surface area contributed by atoms with Gasteiger partial charge in [0, 0.05) is 54.8 Å². The van der Waals surface area contributed by atoms with Gasteiger partial charge in [0.1, 0.15) is 0 Å². The summed E-state index contributed by atoms with van der Waals surface area (Å²) in [4.78, 5) is 33.7. The van der Waals surface area contributed by atoms with Gasteiger partial charge in [-0.1, -0.05) is 35.9 Å². The Hall–Kier alpha value is -3.58. The van der Waals surface area contributed by atoms with Gasteiger partial charge in [0.2, 0.25) is 5.91 Å². The van der Waals surface area contributed by atoms with E-state index in [1.54, 1.807) is 6.07 Å². The van der Waals surface area contributed by atoms with Gasteiger partial charge in [0.25, 0.3) is 0 Å². The van der Waals surface area contributed by atoms with Crippen molar-refractivity contribution in [1.82, 2.24) is 15.2 Å². The number of primary amides is 1. The summed E-state index contributed by atoms with van der Waals surface area (Å²) in [5.74, 6) is 0.0973. The van der Waals surface area contributed by atoms with E-state index in [1.165, 1.54) is 5.69 Å². The van der Waals surface area contributed by atoms with Gasteiger partial charge in [-0.15, -0.1) is 0 Å². The molecule has 1 fully saturated rings. The molecule has 1 aliphatic carbocycles. The van der Waals surface area contributed by atoms with Crippen molar-refractivity contribution in [2.24, 2.45) is 11.7 Å². The van der Waals surface area contributed by atoms with Crippen LogP contribution in [0.1, 0.15) is 58.8 Å². The molecule has 0 spiro atoms. The topological polar surface area (TPSA) is 91.6 Å². The number of nitrogens with two attached hydrogens (primary N) is 1. The molecule has 2 aliphatic rings. The number of benzene rings is 2. The molecule has 5 rings (SSSR count). The molecule has 8 heteroatoms. The second kappa shape index (κ2) is 11.9. The largest absolute Gasteiger partial charge is 0.371 e. The normalized spacial score (nSPS) is 17.2. The first-order valence-electron chi connectivity index (χ1n) is 13.3. The minimum absolute atomic E-state index is 0.110. The summed E-state index contributed by atoms with van der Waals surface area (Å²) in [6.45, 7) is 3.11. The third kappa shape index (κ3) is 6.10. The van der Waals surface area contributed by atoms with Crippen LogP contribution in [0, 0.1) is 5.92 Å². The van der Waals surface area contributed by atoms with Gasteiger partial charge in [0.05, 0.1) is 6.04 Å². The summed E-state index contributed by atoms with van der Waals surface area (Å²) < 4.78 is 0. The molecule has 1 aliphatic heterocycles. The zero-order valence-electron chi connectivity index (χ0n) is 21.5. The van der Waals surface area contributed by atoms with Gasteiger partial charge in [-0.05, 0) is 85.0 Å². The van der Waals surface area contributed by atoms with E-state index in [0.717, 1.165) is 61.9 Å². The summed E-state index contributed by atoms with van der Waals surface area (Å²) in [6, 6.07) is 17.1. The van der Waals surface area contributed by atoms with Gasteiger partial charge in [-0.2, -0.15) is 0 Å². The zero-order valence-corrected chi connectivity index (χ0v) is 22.2. The summed E-state index contributed by atoms with van der Waals surface area (Å²) in [5.41, 5.74) is 10.3. The fourth-order valence-electron chi connectivity index (χ4n) is 5.60. The van der Waals surface area contributed by atoms with Crippen LogP contribution in [0.5, 0.6) is 0 Å². The minimum atomic E-state index is -0.458. The number of anilines is 1. The first-order valence-corrected chi connectivity index (χ1v) is 13.7. The first kappa shape index (κ1) is 26.0. The van der Waals surface area contributed by atoms with Crippen molar-refractivity contribution >= 4 is 29.2 Å². The van der Waals surface area contributed by atoms with Crippen molar-refractivity contribution in [2.75, 3.05) is 24.5 Å². The van der Waals surface area contributed by atoms with Gasteiger partial charge in [-0.3, -0.25) is 9.78 Å². The van der Waals surface area contributed by atoms with Crippen LogP contribution in [0.25, 0.3) is 0 Å². The average molecular weight is 532 g/mol. The number of halogens is 1. The Morgan fingerprint density at radius 3 is 2.55 bits per heavy atom. The molecular weight excluding hydrogens is 498 g/mol. The number of carbonyl (C=O) groups excluding carboxylic acids is 2. The number of piperidine rings is 1. The van der Waals surface area contributed by atoms with Crippen LogP contribution in [0.2, 0.25) is 5.02 Å². The number of nitrogens with one attached hydrogen (secondary N) is 1. The van der Waals surface area contributed by atoms with Gasteiger partial charge in [-0.25, -0.2) is 4.79 Å². The molecule has 198 valence electrons. The van der Waals surface area contributed by atoms with Crippen LogP contribution >= 0.6 is 11.6 Å². The van der Waals surface area contributed by atoms with E-state index in [9.17, 15) is 9.59 Å². The number of carbonyl (C=O) groups is 2. The molecule has 3 aromatic rings. The van der Waals surface area contributed by atoms with Crippen molar-refractivity contribution < 1.29 is 9.59 Å². The van der Waals surface area contributed by atoms with E-state index in [4.69, 9.17) is 17.3 Å². The third-order valence-electron chi connectivity index (χ3n) is 7.86. The standard InChI is InChI=1S/C30H34ClN5O2/c31-27-4-2-1-3-24(27)20-36(18-13-21-11-16-35(17-12-21)25-9-14-33-15-10-25)30(38)34-28-8-7-22-5-6-23(29(32)37)19-26(22)28/h1-6,9-10,14-15,19,21,28H,7-8,11-13,16-18,20H2,(H2,32,37)(H,34,38). The Balaban J connectivity index is 1.24. The number of aryl methyl sites for hydroxylation is 1. The lowest BCUT2D eigenvalue weighted by Gasteiger charge is -2.34. The minimum Gasteiger partial charge on any atom is -0.371 e. The summed E-state index contributed by atoms with van der Waals surface area (Å²) >= 11 is 6.47. The molecular formula is C30H34ClN5O2. The number of pyridine rings is 1. The summed E-state index contributed by atoms with van der Waals surface area (Å²) in [5, 5.41) is 3.90. The van der Waals surface area contributed by atoms with Crippen LogP contribution in [0.4, 0.5) is 10.5 Å². The molecule has 0 bridgehead atoms. The van der Waals surface area contributed by atoms with Gasteiger partial charge < -0.3 is 20.9 Å². The zero-order chi connectivity index (χ0) is 26.5. The highest BCUT2D eigenvalue weighted by Gasteiger charge is 2.28. The van der Waals surface area contributed by atoms with Gasteiger partial charge in [0.15, 0.2) is 0 Å². The third-order valence-corrected chi connectivity index (χ3v) is 8.23. The first-order chi connectivity index (χ1) is 18.5. The Kier molecular flexibility index (Phi) is 8.13. The monoisotopic (exact) mass is 531 g/mol. The Morgan fingerprint density at radius 2 is 1.82 bits per heavy atom. The van der Waals surface area contributed by atoms with Crippen molar-refractivity contribution in [3.8, 4) is 0 Å². The molecule has 0 saturated carbocycles. The lowest BCUT2D eigenvalue weighted by atomic mass is 9.93. The highest BCUT2D eigenvalue weighted by atomic mass is 35.5. The van der Waals surface area contributed by atoms with Crippen molar-refractivity contribution in [2.45, 2.75) is 44.7 Å². The summed E-state index contributed by atoms with van der Waals surface area (Å²) in [7, 11) is 0. The molecule has 2 aromatic carbocycles. The highest BCUT2D eigenvalue weighted by molar-refractivity contribution is 6.31. The molecule has 1 saturated heterocycles. The molecule has 38 heavy (non-hydrogen) atoms. The molecule has 3 amide bonds. The lowest BCUT2D eigenvalue weighted by molar-refractivity contribution is 0.1000.